The van der Waals surface area contributed by atoms with Crippen LogP contribution >= 0.6 is 0 Å². The second kappa shape index (κ2) is 5.13. The molecule has 20 heavy (non-hydrogen) atoms. The lowest BCUT2D eigenvalue weighted by molar-refractivity contribution is 0.101. The Morgan fingerprint density at radius 3 is 2.35 bits per heavy atom. The monoisotopic (exact) mass is 262 g/mol. The van der Waals surface area contributed by atoms with Crippen molar-refractivity contribution in [3.05, 3.63) is 72.7 Å². The summed E-state index contributed by atoms with van der Waals surface area (Å²) in [6.45, 7) is 1.57. The first-order valence-corrected chi connectivity index (χ1v) is 6.45. The van der Waals surface area contributed by atoms with Crippen LogP contribution in [0.4, 0.5) is 0 Å². The fourth-order valence-corrected chi connectivity index (χ4v) is 2.09. The van der Waals surface area contributed by atoms with E-state index < -0.39 is 0 Å². The third-order valence-electron chi connectivity index (χ3n) is 3.22. The highest BCUT2D eigenvalue weighted by Crippen LogP contribution is 2.18. The highest BCUT2D eigenvalue weighted by molar-refractivity contribution is 5.94. The molecular weight excluding hydrogens is 248 g/mol. The zero-order valence-electron chi connectivity index (χ0n) is 11.2. The fourth-order valence-electron chi connectivity index (χ4n) is 2.09. The van der Waals surface area contributed by atoms with Gasteiger partial charge in [-0.3, -0.25) is 4.79 Å². The molecule has 1 aromatic heterocycles. The van der Waals surface area contributed by atoms with Crippen LogP contribution in [0.15, 0.2) is 67.1 Å². The molecule has 98 valence electrons. The average molecular weight is 262 g/mol. The van der Waals surface area contributed by atoms with E-state index in [1.807, 2.05) is 65.4 Å². The fraction of sp³-hybridized carbons (Fsp3) is 0.0588. The number of ketones is 1. The van der Waals surface area contributed by atoms with Gasteiger partial charge in [0.25, 0.3) is 0 Å². The summed E-state index contributed by atoms with van der Waals surface area (Å²) in [5.74, 6) is 0.0761. The second-order valence-electron chi connectivity index (χ2n) is 4.64. The third kappa shape index (κ3) is 2.38. The number of benzene rings is 2. The Balaban J connectivity index is 1.92. The molecule has 3 nitrogen and oxygen atoms in total. The topological polar surface area (TPSA) is 34.9 Å². The van der Waals surface area contributed by atoms with E-state index in [0.29, 0.717) is 0 Å². The molecule has 0 amide bonds. The Labute approximate surface area is 117 Å². The summed E-state index contributed by atoms with van der Waals surface area (Å²) >= 11 is 0. The van der Waals surface area contributed by atoms with Gasteiger partial charge < -0.3 is 4.57 Å². The number of rotatable bonds is 3. The molecule has 0 saturated carbocycles. The van der Waals surface area contributed by atoms with Gasteiger partial charge in [0.2, 0.25) is 0 Å². The van der Waals surface area contributed by atoms with E-state index in [0.717, 1.165) is 22.5 Å². The number of nitrogens with zero attached hydrogens (tertiary/aromatic N) is 2. The number of imidazole rings is 1. The molecule has 2 aromatic carbocycles. The molecule has 0 aliphatic rings. The molecule has 0 fully saturated rings. The van der Waals surface area contributed by atoms with E-state index in [9.17, 15) is 4.79 Å². The lowest BCUT2D eigenvalue weighted by atomic mass is 10.1. The Kier molecular flexibility index (Phi) is 3.17. The molecule has 0 bridgehead atoms. The third-order valence-corrected chi connectivity index (χ3v) is 3.22. The van der Waals surface area contributed by atoms with E-state index in [2.05, 4.69) is 4.98 Å². The maximum atomic E-state index is 11.3. The number of hydrogen-bond acceptors (Lipinski definition) is 2. The van der Waals surface area contributed by atoms with Crippen molar-refractivity contribution < 1.29 is 4.79 Å². The zero-order chi connectivity index (χ0) is 13.9. The summed E-state index contributed by atoms with van der Waals surface area (Å²) in [7, 11) is 0. The first kappa shape index (κ1) is 12.4. The van der Waals surface area contributed by atoms with Gasteiger partial charge in [-0.1, -0.05) is 30.3 Å². The van der Waals surface area contributed by atoms with Gasteiger partial charge >= 0.3 is 0 Å². The lowest BCUT2D eigenvalue weighted by Gasteiger charge is -2.02. The lowest BCUT2D eigenvalue weighted by Crippen LogP contribution is -1.94. The van der Waals surface area contributed by atoms with E-state index in [1.165, 1.54) is 0 Å². The van der Waals surface area contributed by atoms with E-state index in [4.69, 9.17) is 0 Å². The highest BCUT2D eigenvalue weighted by Gasteiger charge is 2.04. The van der Waals surface area contributed by atoms with Gasteiger partial charge in [0.15, 0.2) is 5.78 Å². The number of hydrogen-bond donors (Lipinski definition) is 0. The van der Waals surface area contributed by atoms with E-state index in [-0.39, 0.29) is 5.78 Å². The summed E-state index contributed by atoms with van der Waals surface area (Å²) in [5, 5.41) is 0. The minimum absolute atomic E-state index is 0.0761. The van der Waals surface area contributed by atoms with Gasteiger partial charge in [-0.2, -0.15) is 0 Å². The smallest absolute Gasteiger partial charge is 0.159 e. The van der Waals surface area contributed by atoms with Gasteiger partial charge in [0.05, 0.1) is 12.0 Å². The van der Waals surface area contributed by atoms with Crippen LogP contribution < -0.4 is 0 Å². The maximum Gasteiger partial charge on any atom is 0.159 e. The molecule has 1 heterocycles. The standard InChI is InChI=1S/C17H14N2O/c1-13(20)14-7-9-16(10-8-14)19-11-17(18-12-19)15-5-3-2-4-6-15/h2-12H,1H3. The van der Waals surface area contributed by atoms with Crippen molar-refractivity contribution in [3.8, 4) is 16.9 Å². The van der Waals surface area contributed by atoms with Crippen molar-refractivity contribution in [1.82, 2.24) is 9.55 Å². The number of aromatic nitrogens is 2. The van der Waals surface area contributed by atoms with Crippen molar-refractivity contribution in [2.45, 2.75) is 6.92 Å². The first-order chi connectivity index (χ1) is 9.74. The Bertz CT molecular complexity index is 727. The molecule has 0 radical (unpaired) electrons. The minimum atomic E-state index is 0.0761. The molecule has 3 aromatic rings. The summed E-state index contributed by atoms with van der Waals surface area (Å²) < 4.78 is 1.95. The van der Waals surface area contributed by atoms with Crippen LogP contribution in [0.5, 0.6) is 0 Å². The number of Topliss-reactive ketones (excluding diaryl/α,β-unsaturated/α-hetero) is 1. The Morgan fingerprint density at radius 1 is 1.00 bits per heavy atom. The number of carbonyl (C=O) groups is 1. The Hall–Kier alpha value is -2.68. The molecular formula is C17H14N2O. The van der Waals surface area contributed by atoms with Gasteiger partial charge in [0.1, 0.15) is 0 Å². The van der Waals surface area contributed by atoms with Crippen LogP contribution in [0.2, 0.25) is 0 Å². The second-order valence-corrected chi connectivity index (χ2v) is 4.64. The van der Waals surface area contributed by atoms with Crippen LogP contribution in [0.3, 0.4) is 0 Å². The van der Waals surface area contributed by atoms with Crippen LogP contribution in [-0.2, 0) is 0 Å². The molecule has 0 unspecified atom stereocenters. The van der Waals surface area contributed by atoms with Crippen molar-refractivity contribution >= 4 is 5.78 Å². The molecule has 0 N–H and O–H groups in total. The summed E-state index contributed by atoms with van der Waals surface area (Å²) in [6, 6.07) is 17.6. The van der Waals surface area contributed by atoms with Gasteiger partial charge in [0, 0.05) is 23.0 Å². The predicted octanol–water partition coefficient (Wildman–Crippen LogP) is 3.74. The van der Waals surface area contributed by atoms with Crippen LogP contribution in [-0.4, -0.2) is 15.3 Å². The SMILES string of the molecule is CC(=O)c1ccc(-n2cnc(-c3ccccc3)c2)cc1. The molecule has 0 saturated heterocycles. The molecule has 3 rings (SSSR count). The van der Waals surface area contributed by atoms with Crippen molar-refractivity contribution in [2.24, 2.45) is 0 Å². The van der Waals surface area contributed by atoms with E-state index in [1.54, 1.807) is 13.3 Å². The molecule has 0 atom stereocenters. The molecule has 3 heteroatoms. The van der Waals surface area contributed by atoms with Crippen molar-refractivity contribution in [2.75, 3.05) is 0 Å². The zero-order valence-corrected chi connectivity index (χ0v) is 11.2. The van der Waals surface area contributed by atoms with Crippen molar-refractivity contribution in [3.63, 3.8) is 0 Å². The van der Waals surface area contributed by atoms with Crippen LogP contribution in [0, 0.1) is 0 Å². The van der Waals surface area contributed by atoms with Crippen LogP contribution in [0.1, 0.15) is 17.3 Å². The Morgan fingerprint density at radius 2 is 1.70 bits per heavy atom. The maximum absolute atomic E-state index is 11.3. The summed E-state index contributed by atoms with van der Waals surface area (Å²) in [4.78, 5) is 15.7. The van der Waals surface area contributed by atoms with Crippen LogP contribution in [0.25, 0.3) is 16.9 Å². The van der Waals surface area contributed by atoms with E-state index >= 15 is 0 Å². The molecule has 0 aliphatic carbocycles. The average Bonchev–Trinajstić information content (AvgIpc) is 2.98. The summed E-state index contributed by atoms with van der Waals surface area (Å²) in [6.07, 6.45) is 3.77. The number of carbonyl (C=O) groups excluding carboxylic acids is 1. The summed E-state index contributed by atoms with van der Waals surface area (Å²) in [5.41, 5.74) is 3.73. The predicted molar refractivity (Wildman–Crippen MR) is 79.0 cm³/mol. The molecule has 0 spiro atoms. The van der Waals surface area contributed by atoms with Crippen molar-refractivity contribution in [1.29, 1.82) is 0 Å². The quantitative estimate of drug-likeness (QED) is 0.674. The minimum Gasteiger partial charge on any atom is -0.306 e. The first-order valence-electron chi connectivity index (χ1n) is 6.45. The molecule has 0 aliphatic heterocycles. The van der Waals surface area contributed by atoms with Gasteiger partial charge in [-0.25, -0.2) is 4.98 Å². The highest BCUT2D eigenvalue weighted by atomic mass is 16.1. The van der Waals surface area contributed by atoms with Gasteiger partial charge in [-0.15, -0.1) is 0 Å². The van der Waals surface area contributed by atoms with Gasteiger partial charge in [-0.05, 0) is 31.2 Å². The largest absolute Gasteiger partial charge is 0.306 e. The normalized spacial score (nSPS) is 10.4.